The molecule has 4 aliphatic rings. The molecule has 1 spiro atoms. The van der Waals surface area contributed by atoms with Gasteiger partial charge in [0.25, 0.3) is 0 Å². The lowest BCUT2D eigenvalue weighted by molar-refractivity contribution is -0.136. The Hall–Kier alpha value is -6.25. The zero-order valence-corrected chi connectivity index (χ0v) is 38.3. The average Bonchev–Trinajstić information content (AvgIpc) is 4.17. The van der Waals surface area contributed by atoms with Crippen LogP contribution in [0.3, 0.4) is 0 Å². The number of alkyl carbamates (subject to hydrolysis) is 2. The maximum absolute atomic E-state index is 13.8. The molecule has 2 aromatic carbocycles. The van der Waals surface area contributed by atoms with Gasteiger partial charge in [-0.1, -0.05) is 58.7 Å². The largest absolute Gasteiger partial charge is 0.453 e. The van der Waals surface area contributed by atoms with Crippen molar-refractivity contribution in [3.8, 4) is 33.6 Å². The molecule has 2 saturated heterocycles. The minimum Gasteiger partial charge on any atom is -0.453 e. The molecule has 65 heavy (non-hydrogen) atoms. The van der Waals surface area contributed by atoms with Crippen LogP contribution < -0.4 is 10.6 Å². The number of carbonyl (C=O) groups excluding carboxylic acids is 4. The van der Waals surface area contributed by atoms with Crippen LogP contribution in [0.2, 0.25) is 0 Å². The number of imidazole rings is 2. The number of hydrogen-bond donors (Lipinski definition) is 4. The number of aromatic amines is 2. The second-order valence-electron chi connectivity index (χ2n) is 19.2. The predicted molar refractivity (Wildman–Crippen MR) is 246 cm³/mol. The molecule has 3 fully saturated rings. The van der Waals surface area contributed by atoms with E-state index in [-0.39, 0.29) is 41.1 Å². The predicted octanol–water partition coefficient (Wildman–Crippen LogP) is 8.43. The van der Waals surface area contributed by atoms with Crippen LogP contribution in [0.4, 0.5) is 9.59 Å². The highest BCUT2D eigenvalue weighted by Gasteiger charge is 2.43. The molecule has 9 rings (SSSR count). The van der Waals surface area contributed by atoms with E-state index >= 15 is 0 Å². The number of carbonyl (C=O) groups is 4. The molecular formula is C50H61N9O6. The Balaban J connectivity index is 0.964. The summed E-state index contributed by atoms with van der Waals surface area (Å²) in [6.45, 7) is 8.85. The van der Waals surface area contributed by atoms with E-state index < -0.39 is 24.3 Å². The number of ether oxygens (including phenoxy) is 2. The van der Waals surface area contributed by atoms with Gasteiger partial charge < -0.3 is 39.9 Å². The van der Waals surface area contributed by atoms with Gasteiger partial charge in [0.2, 0.25) is 11.8 Å². The molecule has 1 saturated carbocycles. The van der Waals surface area contributed by atoms with Gasteiger partial charge in [-0.3, -0.25) is 14.6 Å². The summed E-state index contributed by atoms with van der Waals surface area (Å²) in [6, 6.07) is 13.3. The van der Waals surface area contributed by atoms with E-state index in [1.54, 1.807) is 0 Å². The fourth-order valence-electron chi connectivity index (χ4n) is 11.0. The normalized spacial score (nSPS) is 19.9. The minimum absolute atomic E-state index is 0.109. The number of pyridine rings is 1. The summed E-state index contributed by atoms with van der Waals surface area (Å²) >= 11 is 0. The zero-order valence-electron chi connectivity index (χ0n) is 38.3. The van der Waals surface area contributed by atoms with E-state index in [0.29, 0.717) is 13.1 Å². The second kappa shape index (κ2) is 18.0. The maximum atomic E-state index is 13.8. The third-order valence-corrected chi connectivity index (χ3v) is 14.4. The van der Waals surface area contributed by atoms with Crippen LogP contribution in [0.15, 0.2) is 54.9 Å². The van der Waals surface area contributed by atoms with Crippen LogP contribution in [0.5, 0.6) is 0 Å². The van der Waals surface area contributed by atoms with E-state index in [9.17, 15) is 19.2 Å². The number of hydrogen-bond acceptors (Lipinski definition) is 9. The summed E-state index contributed by atoms with van der Waals surface area (Å²) in [4.78, 5) is 77.3. The SMILES string of the molecule is COC(=O)NC(C(=O)N1CCCC1c1ncc(-c2ccc(-c3ccc(-c4ccc5nc(C6CCCN6C(=O)C(NC(=O)OC)C(C)C)[nH]c5c4)c4c3CC3(CCCC3)C4)nc2)[nH]1)C(C)C. The smallest absolute Gasteiger partial charge is 0.407 e. The molecule has 3 aromatic heterocycles. The number of rotatable bonds is 11. The number of H-pyrrole nitrogens is 2. The van der Waals surface area contributed by atoms with Gasteiger partial charge in [0.05, 0.1) is 54.9 Å². The number of amides is 4. The molecule has 342 valence electrons. The van der Waals surface area contributed by atoms with E-state index in [2.05, 4.69) is 63.1 Å². The lowest BCUT2D eigenvalue weighted by Crippen LogP contribution is -2.51. The highest BCUT2D eigenvalue weighted by molar-refractivity contribution is 5.88. The van der Waals surface area contributed by atoms with Crippen LogP contribution in [0, 0.1) is 17.3 Å². The summed E-state index contributed by atoms with van der Waals surface area (Å²) in [5.74, 6) is 0.991. The number of aromatic nitrogens is 5. The monoisotopic (exact) mass is 883 g/mol. The Morgan fingerprint density at radius 1 is 0.692 bits per heavy atom. The van der Waals surface area contributed by atoms with Crippen LogP contribution in [0.25, 0.3) is 44.7 Å². The van der Waals surface area contributed by atoms with Gasteiger partial charge in [0.1, 0.15) is 23.7 Å². The first-order chi connectivity index (χ1) is 31.4. The molecule has 0 radical (unpaired) electrons. The third-order valence-electron chi connectivity index (χ3n) is 14.4. The number of fused-ring (bicyclic) bond motifs is 2. The van der Waals surface area contributed by atoms with Crippen LogP contribution >= 0.6 is 0 Å². The van der Waals surface area contributed by atoms with Crippen molar-refractivity contribution in [1.29, 1.82) is 0 Å². The zero-order chi connectivity index (χ0) is 45.6. The molecule has 4 unspecified atom stereocenters. The average molecular weight is 884 g/mol. The Bertz CT molecular complexity index is 2590. The lowest BCUT2D eigenvalue weighted by atomic mass is 9.82. The van der Waals surface area contributed by atoms with Crippen LogP contribution in [-0.4, -0.2) is 98.1 Å². The lowest BCUT2D eigenvalue weighted by Gasteiger charge is -2.30. The minimum atomic E-state index is -0.696. The first-order valence-electron chi connectivity index (χ1n) is 23.3. The van der Waals surface area contributed by atoms with Crippen molar-refractivity contribution in [3.63, 3.8) is 0 Å². The highest BCUT2D eigenvalue weighted by Crippen LogP contribution is 2.53. The Morgan fingerprint density at radius 2 is 1.28 bits per heavy atom. The van der Waals surface area contributed by atoms with Crippen LogP contribution in [-0.2, 0) is 31.9 Å². The number of methoxy groups -OCH3 is 2. The molecule has 4 N–H and O–H groups in total. The Morgan fingerprint density at radius 3 is 1.86 bits per heavy atom. The Labute approximate surface area is 379 Å². The van der Waals surface area contributed by atoms with Crippen molar-refractivity contribution >= 4 is 35.0 Å². The highest BCUT2D eigenvalue weighted by atomic mass is 16.5. The van der Waals surface area contributed by atoms with Gasteiger partial charge in [-0.15, -0.1) is 0 Å². The molecule has 5 aromatic rings. The van der Waals surface area contributed by atoms with Gasteiger partial charge in [-0.25, -0.2) is 19.6 Å². The molecule has 2 aliphatic heterocycles. The summed E-state index contributed by atoms with van der Waals surface area (Å²) in [5, 5.41) is 5.46. The molecule has 4 atom stereocenters. The second-order valence-corrected chi connectivity index (χ2v) is 19.2. The van der Waals surface area contributed by atoms with Gasteiger partial charge in [0, 0.05) is 30.4 Å². The first kappa shape index (κ1) is 44.0. The number of likely N-dealkylation sites (tertiary alicyclic amines) is 2. The third kappa shape index (κ3) is 8.45. The maximum Gasteiger partial charge on any atom is 0.407 e. The van der Waals surface area contributed by atoms with E-state index in [0.717, 1.165) is 83.7 Å². The molecule has 4 amide bonds. The molecule has 15 nitrogen and oxygen atoms in total. The van der Waals surface area contributed by atoms with Crippen molar-refractivity contribution in [2.75, 3.05) is 27.3 Å². The van der Waals surface area contributed by atoms with Gasteiger partial charge in [0.15, 0.2) is 0 Å². The topological polar surface area (TPSA) is 188 Å². The van der Waals surface area contributed by atoms with Gasteiger partial charge >= 0.3 is 12.2 Å². The van der Waals surface area contributed by atoms with Crippen molar-refractivity contribution in [1.82, 2.24) is 45.4 Å². The van der Waals surface area contributed by atoms with E-state index in [1.807, 2.05) is 49.9 Å². The number of nitrogens with zero attached hydrogens (tertiary/aromatic N) is 5. The van der Waals surface area contributed by atoms with E-state index in [4.69, 9.17) is 24.4 Å². The van der Waals surface area contributed by atoms with Crippen molar-refractivity contribution in [3.05, 3.63) is 77.6 Å². The van der Waals surface area contributed by atoms with Crippen LogP contribution in [0.1, 0.15) is 114 Å². The van der Waals surface area contributed by atoms with Gasteiger partial charge in [-0.2, -0.15) is 0 Å². The molecule has 0 bridgehead atoms. The first-order valence-corrected chi connectivity index (χ1v) is 23.3. The quantitative estimate of drug-likeness (QED) is 0.101. The standard InChI is InChI=1S/C50H61N9O6/c1-28(2)42(56-48(62)64-5)46(60)58-21-9-11-40(58)44-52-27-39(55-44)31-14-17-36(51-26-31)33-16-15-32(34-24-50(25-35(33)34)19-7-8-20-50)30-13-18-37-38(23-30)54-45(53-37)41-12-10-22-59(41)47(61)43(29(3)4)57-49(63)65-6/h13-18,23,26-29,40-43H,7-12,19-22,24-25H2,1-6H3,(H,52,55)(H,53,54)(H,56,62)(H,57,63). The molecule has 15 heteroatoms. The fourth-order valence-corrected chi connectivity index (χ4v) is 11.0. The number of nitrogens with one attached hydrogen (secondary N) is 4. The molecular weight excluding hydrogens is 823 g/mol. The fraction of sp³-hybridized carbons (Fsp3) is 0.500. The van der Waals surface area contributed by atoms with Crippen molar-refractivity contribution in [2.45, 2.75) is 116 Å². The molecule has 2 aliphatic carbocycles. The Kier molecular flexibility index (Phi) is 12.2. The van der Waals surface area contributed by atoms with Gasteiger partial charge in [-0.05, 0) is 115 Å². The number of benzene rings is 2. The van der Waals surface area contributed by atoms with Crippen molar-refractivity contribution in [2.24, 2.45) is 17.3 Å². The van der Waals surface area contributed by atoms with E-state index in [1.165, 1.54) is 62.2 Å². The summed E-state index contributed by atoms with van der Waals surface area (Å²) in [7, 11) is 2.60. The summed E-state index contributed by atoms with van der Waals surface area (Å²) < 4.78 is 9.62. The summed E-state index contributed by atoms with van der Waals surface area (Å²) in [6.07, 6.45) is 12.8. The van der Waals surface area contributed by atoms with Crippen molar-refractivity contribution < 1.29 is 28.7 Å². The summed E-state index contributed by atoms with van der Waals surface area (Å²) in [5.41, 5.74) is 11.0. The molecule has 5 heterocycles.